The van der Waals surface area contributed by atoms with Crippen molar-refractivity contribution in [3.8, 4) is 5.75 Å². The quantitative estimate of drug-likeness (QED) is 0.652. The predicted octanol–water partition coefficient (Wildman–Crippen LogP) is 4.38. The average molecular weight is 228 g/mol. The lowest BCUT2D eigenvalue weighted by Crippen LogP contribution is -1.71. The minimum Gasteiger partial charge on any atom is -0.506 e. The molecule has 1 aromatic rings. The number of phenolic OH excluding ortho intramolecular Hbond substituents is 1. The first-order valence-corrected chi connectivity index (χ1v) is 4.59. The zero-order chi connectivity index (χ0) is 9.72. The maximum Gasteiger partial charge on any atom is 0.135 e. The average Bonchev–Trinajstić information content (AvgIpc) is 2.12. The molecule has 0 saturated heterocycles. The van der Waals surface area contributed by atoms with Gasteiger partial charge in [0.2, 0.25) is 0 Å². The zero-order valence-electron chi connectivity index (χ0n) is 6.74. The van der Waals surface area contributed by atoms with Gasteiger partial charge in [0.1, 0.15) is 10.8 Å². The van der Waals surface area contributed by atoms with Crippen molar-refractivity contribution in [1.82, 2.24) is 0 Å². The van der Waals surface area contributed by atoms with Crippen LogP contribution in [0.2, 0.25) is 15.1 Å². The summed E-state index contributed by atoms with van der Waals surface area (Å²) in [6.45, 7) is 4.00. The van der Waals surface area contributed by atoms with Crippen LogP contribution in [0.1, 0.15) is 13.8 Å². The van der Waals surface area contributed by atoms with Crippen molar-refractivity contribution < 1.29 is 5.11 Å². The van der Waals surface area contributed by atoms with Crippen LogP contribution in [0, 0.1) is 0 Å². The summed E-state index contributed by atoms with van der Waals surface area (Å²) in [4.78, 5) is 0. The molecule has 12 heavy (non-hydrogen) atoms. The lowest BCUT2D eigenvalue weighted by atomic mass is 10.3. The number of halogens is 3. The number of hydrogen-bond acceptors (Lipinski definition) is 1. The molecule has 1 nitrogen and oxygen atoms in total. The Hall–Kier alpha value is -0.110. The second kappa shape index (κ2) is 5.52. The van der Waals surface area contributed by atoms with E-state index in [0.29, 0.717) is 5.02 Å². The lowest BCUT2D eigenvalue weighted by molar-refractivity contribution is 0.475. The van der Waals surface area contributed by atoms with Gasteiger partial charge in [-0.25, -0.2) is 0 Å². The van der Waals surface area contributed by atoms with E-state index in [9.17, 15) is 0 Å². The highest BCUT2D eigenvalue weighted by molar-refractivity contribution is 6.48. The first-order valence-electron chi connectivity index (χ1n) is 3.45. The van der Waals surface area contributed by atoms with Gasteiger partial charge in [0.25, 0.3) is 0 Å². The molecule has 0 aliphatic heterocycles. The lowest BCUT2D eigenvalue weighted by Gasteiger charge is -1.99. The molecule has 0 fully saturated rings. The highest BCUT2D eigenvalue weighted by Crippen LogP contribution is 2.35. The molecule has 1 rings (SSSR count). The van der Waals surface area contributed by atoms with Crippen LogP contribution >= 0.6 is 34.8 Å². The molecule has 68 valence electrons. The second-order valence-corrected chi connectivity index (χ2v) is 2.86. The Bertz CT molecular complexity index is 234. The molecule has 0 spiro atoms. The number of phenols is 1. The minimum absolute atomic E-state index is 0.0592. The van der Waals surface area contributed by atoms with Gasteiger partial charge in [-0.15, -0.1) is 0 Å². The number of benzene rings is 1. The molecule has 0 aliphatic carbocycles. The topological polar surface area (TPSA) is 20.2 Å². The summed E-state index contributed by atoms with van der Waals surface area (Å²) in [6.07, 6.45) is 0. The van der Waals surface area contributed by atoms with E-state index in [1.54, 1.807) is 0 Å². The van der Waals surface area contributed by atoms with Crippen LogP contribution in [-0.4, -0.2) is 5.11 Å². The molecule has 0 aromatic heterocycles. The van der Waals surface area contributed by atoms with Crippen molar-refractivity contribution in [3.05, 3.63) is 27.2 Å². The zero-order valence-corrected chi connectivity index (χ0v) is 9.00. The van der Waals surface area contributed by atoms with E-state index in [4.69, 9.17) is 39.9 Å². The van der Waals surface area contributed by atoms with Crippen LogP contribution < -0.4 is 0 Å². The van der Waals surface area contributed by atoms with Crippen LogP contribution in [0.4, 0.5) is 0 Å². The van der Waals surface area contributed by atoms with E-state index in [1.807, 2.05) is 13.8 Å². The van der Waals surface area contributed by atoms with Crippen LogP contribution in [0.3, 0.4) is 0 Å². The molecular weight excluding hydrogens is 218 g/mol. The molecule has 0 aliphatic rings. The third-order valence-electron chi connectivity index (χ3n) is 1.01. The standard InChI is InChI=1S/C6H3Cl3O.C2H6/c7-3-1-2-4(10)6(9)5(3)8;1-2/h1-2,10H;1-2H3. The first kappa shape index (κ1) is 11.9. The van der Waals surface area contributed by atoms with Gasteiger partial charge in [0.05, 0.1) is 10.0 Å². The first-order chi connectivity index (χ1) is 5.63. The molecule has 0 saturated carbocycles. The Morgan fingerprint density at radius 1 is 1.00 bits per heavy atom. The second-order valence-electron chi connectivity index (χ2n) is 1.69. The van der Waals surface area contributed by atoms with Crippen molar-refractivity contribution in [2.45, 2.75) is 13.8 Å². The van der Waals surface area contributed by atoms with Gasteiger partial charge in [-0.1, -0.05) is 48.7 Å². The van der Waals surface area contributed by atoms with Gasteiger partial charge in [0, 0.05) is 0 Å². The molecule has 0 unspecified atom stereocenters. The van der Waals surface area contributed by atoms with E-state index >= 15 is 0 Å². The Kier molecular flexibility index (Phi) is 5.47. The molecule has 1 aromatic carbocycles. The summed E-state index contributed by atoms with van der Waals surface area (Å²) in [6, 6.07) is 2.86. The van der Waals surface area contributed by atoms with E-state index in [0.717, 1.165) is 0 Å². The van der Waals surface area contributed by atoms with E-state index < -0.39 is 0 Å². The molecule has 1 N–H and O–H groups in total. The summed E-state index contributed by atoms with van der Waals surface area (Å²) in [7, 11) is 0. The smallest absolute Gasteiger partial charge is 0.135 e. The largest absolute Gasteiger partial charge is 0.506 e. The fourth-order valence-corrected chi connectivity index (χ4v) is 1.05. The highest BCUT2D eigenvalue weighted by atomic mass is 35.5. The van der Waals surface area contributed by atoms with Gasteiger partial charge in [0.15, 0.2) is 0 Å². The van der Waals surface area contributed by atoms with Crippen LogP contribution in [0.5, 0.6) is 5.75 Å². The Balaban J connectivity index is 0.000000561. The normalized spacial score (nSPS) is 8.75. The highest BCUT2D eigenvalue weighted by Gasteiger charge is 2.06. The van der Waals surface area contributed by atoms with Crippen molar-refractivity contribution in [3.63, 3.8) is 0 Å². The number of hydrogen-bond donors (Lipinski definition) is 1. The predicted molar refractivity (Wildman–Crippen MR) is 54.5 cm³/mol. The SMILES string of the molecule is CC.Oc1ccc(Cl)c(Cl)c1Cl. The van der Waals surface area contributed by atoms with Gasteiger partial charge in [-0.2, -0.15) is 0 Å². The third kappa shape index (κ3) is 2.74. The fourth-order valence-electron chi connectivity index (χ4n) is 0.516. The summed E-state index contributed by atoms with van der Waals surface area (Å²) in [5, 5.41) is 9.56. The molecule has 0 heterocycles. The summed E-state index contributed by atoms with van der Waals surface area (Å²) >= 11 is 16.6. The van der Waals surface area contributed by atoms with E-state index in [1.165, 1.54) is 12.1 Å². The van der Waals surface area contributed by atoms with Crippen LogP contribution in [0.25, 0.3) is 0 Å². The number of rotatable bonds is 0. The minimum atomic E-state index is -0.0592. The molecular formula is C8H9Cl3O. The van der Waals surface area contributed by atoms with Crippen molar-refractivity contribution in [1.29, 1.82) is 0 Å². The van der Waals surface area contributed by atoms with Gasteiger partial charge in [-0.3, -0.25) is 0 Å². The third-order valence-corrected chi connectivity index (χ3v) is 2.30. The van der Waals surface area contributed by atoms with E-state index in [-0.39, 0.29) is 15.8 Å². The van der Waals surface area contributed by atoms with Crippen molar-refractivity contribution in [2.75, 3.05) is 0 Å². The fraction of sp³-hybridized carbons (Fsp3) is 0.250. The van der Waals surface area contributed by atoms with Gasteiger partial charge in [-0.05, 0) is 12.1 Å². The summed E-state index contributed by atoms with van der Waals surface area (Å²) in [5.41, 5.74) is 0. The van der Waals surface area contributed by atoms with Gasteiger partial charge >= 0.3 is 0 Å². The molecule has 0 bridgehead atoms. The summed E-state index contributed by atoms with van der Waals surface area (Å²) in [5.74, 6) is -0.0592. The maximum absolute atomic E-state index is 8.95. The van der Waals surface area contributed by atoms with Crippen LogP contribution in [0.15, 0.2) is 12.1 Å². The molecule has 0 radical (unpaired) electrons. The Labute approximate surface area is 86.9 Å². The van der Waals surface area contributed by atoms with Crippen molar-refractivity contribution >= 4 is 34.8 Å². The monoisotopic (exact) mass is 226 g/mol. The maximum atomic E-state index is 8.95. The van der Waals surface area contributed by atoms with Gasteiger partial charge < -0.3 is 5.11 Å². The Morgan fingerprint density at radius 2 is 1.50 bits per heavy atom. The summed E-state index contributed by atoms with van der Waals surface area (Å²) < 4.78 is 0. The Morgan fingerprint density at radius 3 is 1.92 bits per heavy atom. The van der Waals surface area contributed by atoms with Crippen molar-refractivity contribution in [2.24, 2.45) is 0 Å². The molecule has 0 amide bonds. The number of aromatic hydroxyl groups is 1. The molecule has 0 atom stereocenters. The van der Waals surface area contributed by atoms with E-state index in [2.05, 4.69) is 0 Å². The van der Waals surface area contributed by atoms with Crippen LogP contribution in [-0.2, 0) is 0 Å². The molecule has 4 heteroatoms.